The molecule has 206 valence electrons. The molecule has 3 aliphatic rings. The van der Waals surface area contributed by atoms with Crippen LogP contribution in [0.25, 0.3) is 5.57 Å². The predicted molar refractivity (Wildman–Crippen MR) is 157 cm³/mol. The van der Waals surface area contributed by atoms with Gasteiger partial charge in [-0.3, -0.25) is 14.5 Å². The number of carbonyl (C=O) groups is 2. The van der Waals surface area contributed by atoms with Gasteiger partial charge in [-0.1, -0.05) is 36.8 Å². The first-order chi connectivity index (χ1) is 19.0. The van der Waals surface area contributed by atoms with Gasteiger partial charge in [-0.25, -0.2) is 0 Å². The molecule has 1 atom stereocenters. The maximum atomic E-state index is 13.4. The van der Waals surface area contributed by atoms with Gasteiger partial charge in [0.1, 0.15) is 0 Å². The summed E-state index contributed by atoms with van der Waals surface area (Å²) in [6, 6.07) is 14.8. The lowest BCUT2D eigenvalue weighted by molar-refractivity contribution is -0.119. The van der Waals surface area contributed by atoms with Crippen LogP contribution in [0.1, 0.15) is 71.5 Å². The molecular formula is C32H41N5O2. The maximum Gasteiger partial charge on any atom is 0.253 e. The highest BCUT2D eigenvalue weighted by Gasteiger charge is 2.34. The highest BCUT2D eigenvalue weighted by Crippen LogP contribution is 2.32. The number of carbonyl (C=O) groups excluding carboxylic acids is 2. The van der Waals surface area contributed by atoms with Gasteiger partial charge in [0.25, 0.3) is 5.91 Å². The van der Waals surface area contributed by atoms with Crippen LogP contribution in [-0.4, -0.2) is 67.1 Å². The first-order valence-electron chi connectivity index (χ1n) is 14.4. The number of amides is 2. The minimum atomic E-state index is 0.0217. The molecule has 0 spiro atoms. The Morgan fingerprint density at radius 1 is 0.949 bits per heavy atom. The molecule has 7 nitrogen and oxygen atoms in total. The lowest BCUT2D eigenvalue weighted by Crippen LogP contribution is -2.39. The van der Waals surface area contributed by atoms with E-state index in [1.807, 2.05) is 43.3 Å². The van der Waals surface area contributed by atoms with Crippen molar-refractivity contribution in [2.24, 2.45) is 5.92 Å². The summed E-state index contributed by atoms with van der Waals surface area (Å²) in [5.41, 5.74) is 5.50. The van der Waals surface area contributed by atoms with Crippen molar-refractivity contribution in [3.05, 3.63) is 70.9 Å². The zero-order valence-corrected chi connectivity index (χ0v) is 23.2. The number of nitrogens with one attached hydrogen (secondary N) is 3. The summed E-state index contributed by atoms with van der Waals surface area (Å²) in [5, 5.41) is 13.7. The lowest BCUT2D eigenvalue weighted by atomic mass is 9.88. The zero-order valence-electron chi connectivity index (χ0n) is 23.2. The number of rotatable bonds is 8. The quantitative estimate of drug-likeness (QED) is 0.420. The highest BCUT2D eigenvalue weighted by molar-refractivity contribution is 6.08. The number of hydrogen-bond acceptors (Lipinski definition) is 5. The molecule has 1 aliphatic carbocycles. The van der Waals surface area contributed by atoms with Gasteiger partial charge in [-0.2, -0.15) is 0 Å². The third-order valence-corrected chi connectivity index (χ3v) is 8.88. The van der Waals surface area contributed by atoms with E-state index in [1.54, 1.807) is 0 Å². The Labute approximate surface area is 232 Å². The van der Waals surface area contributed by atoms with Crippen LogP contribution in [-0.2, 0) is 4.79 Å². The molecule has 2 saturated heterocycles. The van der Waals surface area contributed by atoms with Crippen LogP contribution in [0.2, 0.25) is 0 Å². The van der Waals surface area contributed by atoms with Crippen LogP contribution in [0, 0.1) is 18.3 Å². The van der Waals surface area contributed by atoms with E-state index in [-0.39, 0.29) is 17.7 Å². The van der Waals surface area contributed by atoms with E-state index in [9.17, 15) is 9.59 Å². The Kier molecular flexibility index (Phi) is 8.46. The van der Waals surface area contributed by atoms with Crippen molar-refractivity contribution in [3.8, 4) is 0 Å². The molecule has 2 aromatic rings. The topological polar surface area (TPSA) is 88.5 Å². The van der Waals surface area contributed by atoms with Crippen molar-refractivity contribution in [3.63, 3.8) is 0 Å². The molecule has 2 amide bonds. The number of anilines is 1. The van der Waals surface area contributed by atoms with Crippen molar-refractivity contribution in [2.75, 3.05) is 38.5 Å². The van der Waals surface area contributed by atoms with Gasteiger partial charge >= 0.3 is 0 Å². The van der Waals surface area contributed by atoms with E-state index in [0.717, 1.165) is 54.7 Å². The number of likely N-dealkylation sites (tertiary alicyclic amines) is 2. The Bertz CT molecular complexity index is 1230. The fourth-order valence-electron chi connectivity index (χ4n) is 6.12. The Morgan fingerprint density at radius 3 is 2.31 bits per heavy atom. The second-order valence-corrected chi connectivity index (χ2v) is 11.3. The number of aryl methyl sites for hydroxylation is 1. The van der Waals surface area contributed by atoms with Gasteiger partial charge in [0.15, 0.2) is 0 Å². The van der Waals surface area contributed by atoms with Crippen molar-refractivity contribution >= 4 is 29.3 Å². The van der Waals surface area contributed by atoms with E-state index in [2.05, 4.69) is 39.8 Å². The minimum Gasteiger partial charge on any atom is -0.393 e. The van der Waals surface area contributed by atoms with Crippen molar-refractivity contribution in [1.82, 2.24) is 15.1 Å². The summed E-state index contributed by atoms with van der Waals surface area (Å²) in [7, 11) is 1.83. The minimum absolute atomic E-state index is 0.0217. The molecule has 0 radical (unpaired) electrons. The third kappa shape index (κ3) is 6.09. The molecule has 3 fully saturated rings. The number of allylic oxidation sites excluding steroid dienone is 1. The van der Waals surface area contributed by atoms with Crippen LogP contribution in [0.3, 0.4) is 0 Å². The second-order valence-electron chi connectivity index (χ2n) is 11.3. The standard InChI is InChI=1S/C32H41N5O2/c1-22-6-7-26(18-30(22)35-31(38)27-14-17-37(21-27)29-4-3-5-29)32(39)36-15-12-25(13-16-36)23-8-10-24(11-9-23)28(19-33)20-34-2/h6-11,18-20,25,27,29,33-34H,3-5,12-17,21H2,1-2H3,(H,35,38)/b28-20+,33-19?. The van der Waals surface area contributed by atoms with E-state index in [1.165, 1.54) is 31.0 Å². The molecule has 5 rings (SSSR count). The van der Waals surface area contributed by atoms with E-state index >= 15 is 0 Å². The monoisotopic (exact) mass is 527 g/mol. The van der Waals surface area contributed by atoms with Gasteiger partial charge < -0.3 is 20.9 Å². The molecule has 3 N–H and O–H groups in total. The summed E-state index contributed by atoms with van der Waals surface area (Å²) in [6.07, 6.45) is 9.78. The van der Waals surface area contributed by atoms with Crippen LogP contribution in [0.4, 0.5) is 5.69 Å². The maximum absolute atomic E-state index is 13.4. The Morgan fingerprint density at radius 2 is 1.67 bits per heavy atom. The van der Waals surface area contributed by atoms with Gasteiger partial charge in [0, 0.05) is 62.0 Å². The second kappa shape index (κ2) is 12.2. The molecular weight excluding hydrogens is 486 g/mol. The highest BCUT2D eigenvalue weighted by atomic mass is 16.2. The van der Waals surface area contributed by atoms with Crippen LogP contribution in [0.5, 0.6) is 0 Å². The number of piperidine rings is 1. The van der Waals surface area contributed by atoms with Crippen LogP contribution >= 0.6 is 0 Å². The zero-order chi connectivity index (χ0) is 27.4. The number of nitrogens with zero attached hydrogens (tertiary/aromatic N) is 2. The Hall–Kier alpha value is -3.45. The summed E-state index contributed by atoms with van der Waals surface area (Å²) < 4.78 is 0. The first-order valence-corrected chi connectivity index (χ1v) is 14.4. The third-order valence-electron chi connectivity index (χ3n) is 8.88. The summed E-state index contributed by atoms with van der Waals surface area (Å²) >= 11 is 0. The summed E-state index contributed by atoms with van der Waals surface area (Å²) in [4.78, 5) is 30.9. The molecule has 2 aliphatic heterocycles. The average molecular weight is 528 g/mol. The molecule has 2 heterocycles. The van der Waals surface area contributed by atoms with E-state index in [0.29, 0.717) is 30.6 Å². The molecule has 0 bridgehead atoms. The fourth-order valence-corrected chi connectivity index (χ4v) is 6.12. The first kappa shape index (κ1) is 27.1. The number of hydrogen-bond donors (Lipinski definition) is 3. The van der Waals surface area contributed by atoms with Gasteiger partial charge in [0.2, 0.25) is 5.91 Å². The fraction of sp³-hybridized carbons (Fsp3) is 0.469. The number of benzene rings is 2. The predicted octanol–water partition coefficient (Wildman–Crippen LogP) is 5.04. The van der Waals surface area contributed by atoms with Crippen LogP contribution in [0.15, 0.2) is 48.7 Å². The average Bonchev–Trinajstić information content (AvgIpc) is 3.41. The van der Waals surface area contributed by atoms with E-state index < -0.39 is 0 Å². The van der Waals surface area contributed by atoms with Crippen LogP contribution < -0.4 is 10.6 Å². The summed E-state index contributed by atoms with van der Waals surface area (Å²) in [5.74, 6) is 0.543. The molecule has 7 heteroatoms. The largest absolute Gasteiger partial charge is 0.393 e. The molecule has 1 unspecified atom stereocenters. The van der Waals surface area contributed by atoms with E-state index in [4.69, 9.17) is 5.41 Å². The lowest BCUT2D eigenvalue weighted by Gasteiger charge is -2.34. The normalized spacial score (nSPS) is 20.9. The SMILES string of the molecule is CN/C=C(\C=N)c1ccc(C2CCN(C(=O)c3ccc(C)c(NC(=O)C4CCN(C5CCC5)C4)c3)CC2)cc1. The smallest absolute Gasteiger partial charge is 0.253 e. The molecule has 0 aromatic heterocycles. The van der Waals surface area contributed by atoms with Gasteiger partial charge in [-0.15, -0.1) is 0 Å². The van der Waals surface area contributed by atoms with Crippen molar-refractivity contribution in [1.29, 1.82) is 5.41 Å². The molecule has 39 heavy (non-hydrogen) atoms. The summed E-state index contributed by atoms with van der Waals surface area (Å²) in [6.45, 7) is 5.27. The van der Waals surface area contributed by atoms with Gasteiger partial charge in [0.05, 0.1) is 5.92 Å². The Balaban J connectivity index is 1.17. The molecule has 2 aromatic carbocycles. The van der Waals surface area contributed by atoms with Crippen molar-refractivity contribution in [2.45, 2.75) is 57.4 Å². The van der Waals surface area contributed by atoms with Crippen molar-refractivity contribution < 1.29 is 9.59 Å². The van der Waals surface area contributed by atoms with Gasteiger partial charge in [-0.05, 0) is 80.3 Å². The molecule has 1 saturated carbocycles.